The van der Waals surface area contributed by atoms with Crippen LogP contribution in [0, 0.1) is 6.92 Å². The molecule has 1 aliphatic rings. The van der Waals surface area contributed by atoms with Crippen molar-refractivity contribution in [2.75, 3.05) is 6.54 Å². The van der Waals surface area contributed by atoms with Gasteiger partial charge in [0.05, 0.1) is 6.04 Å². The third-order valence-electron chi connectivity index (χ3n) is 3.22. The van der Waals surface area contributed by atoms with Crippen molar-refractivity contribution in [1.29, 1.82) is 0 Å². The number of nitrogens with zero attached hydrogens (tertiary/aromatic N) is 1. The highest BCUT2D eigenvalue weighted by atomic mass is 16.4. The van der Waals surface area contributed by atoms with Crippen molar-refractivity contribution in [1.82, 2.24) is 4.90 Å². The first-order valence-corrected chi connectivity index (χ1v) is 5.66. The second-order valence-corrected chi connectivity index (χ2v) is 4.34. The van der Waals surface area contributed by atoms with Gasteiger partial charge in [-0.05, 0) is 18.1 Å². The maximum atomic E-state index is 11.5. The summed E-state index contributed by atoms with van der Waals surface area (Å²) in [4.78, 5) is 24.0. The van der Waals surface area contributed by atoms with Gasteiger partial charge in [0.25, 0.3) is 0 Å². The zero-order valence-corrected chi connectivity index (χ0v) is 9.72. The fraction of sp³-hybridized carbons (Fsp3) is 0.385. The average molecular weight is 233 g/mol. The topological polar surface area (TPSA) is 57.6 Å². The molecule has 90 valence electrons. The summed E-state index contributed by atoms with van der Waals surface area (Å²) in [6.07, 6.45) is -0.336. The maximum Gasteiger partial charge on any atom is 0.407 e. The van der Waals surface area contributed by atoms with Crippen molar-refractivity contribution in [3.8, 4) is 0 Å². The smallest absolute Gasteiger partial charge is 0.407 e. The van der Waals surface area contributed by atoms with Gasteiger partial charge in [0.1, 0.15) is 5.78 Å². The molecule has 1 aromatic carbocycles. The molecule has 4 nitrogen and oxygen atoms in total. The largest absolute Gasteiger partial charge is 0.465 e. The number of benzene rings is 1. The number of piperidine rings is 1. The van der Waals surface area contributed by atoms with Gasteiger partial charge in [-0.1, -0.05) is 24.3 Å². The molecule has 1 fully saturated rings. The predicted octanol–water partition coefficient (Wildman–Crippen LogP) is 2.38. The molecule has 0 bridgehead atoms. The molecular formula is C13H15NO3. The van der Waals surface area contributed by atoms with Crippen LogP contribution >= 0.6 is 0 Å². The van der Waals surface area contributed by atoms with Gasteiger partial charge in [-0.25, -0.2) is 4.79 Å². The molecule has 1 N–H and O–H groups in total. The van der Waals surface area contributed by atoms with Gasteiger partial charge < -0.3 is 10.0 Å². The summed E-state index contributed by atoms with van der Waals surface area (Å²) in [6, 6.07) is 7.30. The number of carboxylic acid groups (broad SMARTS) is 1. The lowest BCUT2D eigenvalue weighted by atomic mass is 9.92. The number of aryl methyl sites for hydroxylation is 1. The van der Waals surface area contributed by atoms with E-state index in [9.17, 15) is 9.59 Å². The predicted molar refractivity (Wildman–Crippen MR) is 62.9 cm³/mol. The van der Waals surface area contributed by atoms with E-state index >= 15 is 0 Å². The Balaban J connectivity index is 2.35. The molecule has 1 aromatic rings. The number of ketones is 1. The molecule has 1 saturated heterocycles. The number of likely N-dealkylation sites (tertiary alicyclic amines) is 1. The van der Waals surface area contributed by atoms with Crippen LogP contribution in [0.3, 0.4) is 0 Å². The maximum absolute atomic E-state index is 11.5. The summed E-state index contributed by atoms with van der Waals surface area (Å²) in [5.41, 5.74) is 1.96. The zero-order valence-electron chi connectivity index (χ0n) is 9.72. The Morgan fingerprint density at radius 3 is 2.76 bits per heavy atom. The number of Topliss-reactive ketones (excluding diaryl/α,β-unsaturated/α-hetero) is 1. The normalized spacial score (nSPS) is 20.4. The van der Waals surface area contributed by atoms with Crippen molar-refractivity contribution < 1.29 is 14.7 Å². The number of carbonyl (C=O) groups excluding carboxylic acids is 1. The number of carbonyl (C=O) groups is 2. The molecule has 1 aliphatic heterocycles. The van der Waals surface area contributed by atoms with Crippen molar-refractivity contribution >= 4 is 11.9 Å². The monoisotopic (exact) mass is 233 g/mol. The summed E-state index contributed by atoms with van der Waals surface area (Å²) in [5, 5.41) is 9.16. The first-order valence-electron chi connectivity index (χ1n) is 5.66. The highest BCUT2D eigenvalue weighted by Gasteiger charge is 2.32. The number of amides is 1. The van der Waals surface area contributed by atoms with Crippen molar-refractivity contribution in [2.24, 2.45) is 0 Å². The van der Waals surface area contributed by atoms with Crippen LogP contribution in [0.2, 0.25) is 0 Å². The van der Waals surface area contributed by atoms with E-state index in [2.05, 4.69) is 0 Å². The summed E-state index contributed by atoms with van der Waals surface area (Å²) in [6.45, 7) is 2.24. The third kappa shape index (κ3) is 2.30. The second-order valence-electron chi connectivity index (χ2n) is 4.34. The zero-order chi connectivity index (χ0) is 12.4. The Labute approximate surface area is 99.9 Å². The quantitative estimate of drug-likeness (QED) is 0.810. The van der Waals surface area contributed by atoms with Crippen LogP contribution in [0.1, 0.15) is 30.0 Å². The Kier molecular flexibility index (Phi) is 3.13. The van der Waals surface area contributed by atoms with Crippen LogP contribution in [-0.4, -0.2) is 28.4 Å². The van der Waals surface area contributed by atoms with Crippen LogP contribution in [0.5, 0.6) is 0 Å². The van der Waals surface area contributed by atoms with E-state index in [0.29, 0.717) is 13.0 Å². The van der Waals surface area contributed by atoms with Gasteiger partial charge in [-0.3, -0.25) is 4.79 Å². The fourth-order valence-corrected chi connectivity index (χ4v) is 2.30. The first-order chi connectivity index (χ1) is 8.09. The van der Waals surface area contributed by atoms with Gasteiger partial charge in [-0.15, -0.1) is 0 Å². The standard InChI is InChI=1S/C13H15NO3/c1-9-4-2-3-5-11(9)12-8-10(15)6-7-14(12)13(16)17/h2-5,12H,6-8H2,1H3,(H,16,17). The molecule has 0 spiro atoms. The lowest BCUT2D eigenvalue weighted by Crippen LogP contribution is -2.40. The molecule has 1 atom stereocenters. The molecule has 0 saturated carbocycles. The SMILES string of the molecule is Cc1ccccc1C1CC(=O)CCN1C(=O)O. The summed E-state index contributed by atoms with van der Waals surface area (Å²) in [7, 11) is 0. The van der Waals surface area contributed by atoms with Crippen LogP contribution in [0.4, 0.5) is 4.79 Å². The van der Waals surface area contributed by atoms with E-state index in [1.807, 2.05) is 31.2 Å². The molecule has 1 amide bonds. The van der Waals surface area contributed by atoms with Crippen LogP contribution in [-0.2, 0) is 4.79 Å². The molecule has 0 aromatic heterocycles. The minimum Gasteiger partial charge on any atom is -0.465 e. The average Bonchev–Trinajstić information content (AvgIpc) is 2.29. The van der Waals surface area contributed by atoms with Crippen LogP contribution in [0.15, 0.2) is 24.3 Å². The summed E-state index contributed by atoms with van der Waals surface area (Å²) in [5.74, 6) is 0.135. The molecule has 17 heavy (non-hydrogen) atoms. The Bertz CT molecular complexity index is 456. The van der Waals surface area contributed by atoms with E-state index in [0.717, 1.165) is 11.1 Å². The van der Waals surface area contributed by atoms with Crippen molar-refractivity contribution in [2.45, 2.75) is 25.8 Å². The van der Waals surface area contributed by atoms with Crippen LogP contribution in [0.25, 0.3) is 0 Å². The molecule has 2 rings (SSSR count). The molecule has 0 radical (unpaired) electrons. The Morgan fingerprint density at radius 2 is 2.12 bits per heavy atom. The van der Waals surface area contributed by atoms with Gasteiger partial charge >= 0.3 is 6.09 Å². The highest BCUT2D eigenvalue weighted by molar-refractivity contribution is 5.82. The lowest BCUT2D eigenvalue weighted by Gasteiger charge is -2.33. The minimum absolute atomic E-state index is 0.135. The lowest BCUT2D eigenvalue weighted by molar-refractivity contribution is -0.122. The van der Waals surface area contributed by atoms with Crippen LogP contribution < -0.4 is 0 Å². The highest BCUT2D eigenvalue weighted by Crippen LogP contribution is 2.31. The number of rotatable bonds is 1. The van der Waals surface area contributed by atoms with E-state index < -0.39 is 6.09 Å². The number of hydrogen-bond donors (Lipinski definition) is 1. The van der Waals surface area contributed by atoms with Gasteiger partial charge in [0.15, 0.2) is 0 Å². The van der Waals surface area contributed by atoms with Gasteiger partial charge in [0.2, 0.25) is 0 Å². The van der Waals surface area contributed by atoms with Crippen molar-refractivity contribution in [3.63, 3.8) is 0 Å². The van der Waals surface area contributed by atoms with Crippen molar-refractivity contribution in [3.05, 3.63) is 35.4 Å². The van der Waals surface area contributed by atoms with E-state index in [1.165, 1.54) is 4.90 Å². The van der Waals surface area contributed by atoms with Gasteiger partial charge in [-0.2, -0.15) is 0 Å². The summed E-state index contributed by atoms with van der Waals surface area (Å²) < 4.78 is 0. The fourth-order valence-electron chi connectivity index (χ4n) is 2.30. The Hall–Kier alpha value is -1.84. The second kappa shape index (κ2) is 4.57. The molecule has 1 heterocycles. The van der Waals surface area contributed by atoms with E-state index in [4.69, 9.17) is 5.11 Å². The first kappa shape index (κ1) is 11.6. The molecule has 1 unspecified atom stereocenters. The van der Waals surface area contributed by atoms with Gasteiger partial charge in [0, 0.05) is 19.4 Å². The molecular weight excluding hydrogens is 218 g/mol. The van der Waals surface area contributed by atoms with E-state index in [1.54, 1.807) is 0 Å². The number of hydrogen-bond acceptors (Lipinski definition) is 2. The van der Waals surface area contributed by atoms with E-state index in [-0.39, 0.29) is 18.2 Å². The third-order valence-corrected chi connectivity index (χ3v) is 3.22. The molecule has 0 aliphatic carbocycles. The minimum atomic E-state index is -0.953. The molecule has 4 heteroatoms. The summed E-state index contributed by atoms with van der Waals surface area (Å²) >= 11 is 0. The Morgan fingerprint density at radius 1 is 1.41 bits per heavy atom.